The molecule has 1 aromatic carbocycles. The normalized spacial score (nSPS) is 20.3. The quantitative estimate of drug-likeness (QED) is 0.824. The summed E-state index contributed by atoms with van der Waals surface area (Å²) < 4.78 is 0. The zero-order chi connectivity index (χ0) is 13.7. The Labute approximate surface area is 114 Å². The average Bonchev–Trinajstić information content (AvgIpc) is 2.94. The summed E-state index contributed by atoms with van der Waals surface area (Å²) in [6, 6.07) is 9.97. The van der Waals surface area contributed by atoms with Gasteiger partial charge in [-0.3, -0.25) is 4.79 Å². The van der Waals surface area contributed by atoms with E-state index in [1.165, 1.54) is 0 Å². The molecule has 0 aromatic heterocycles. The number of amides is 1. The van der Waals surface area contributed by atoms with Crippen molar-refractivity contribution in [2.75, 3.05) is 13.2 Å². The van der Waals surface area contributed by atoms with Gasteiger partial charge in [0, 0.05) is 18.9 Å². The van der Waals surface area contributed by atoms with E-state index in [1.54, 1.807) is 0 Å². The molecular weight excluding hydrogens is 238 g/mol. The zero-order valence-corrected chi connectivity index (χ0v) is 11.2. The molecule has 1 aliphatic rings. The van der Waals surface area contributed by atoms with Crippen LogP contribution in [0.5, 0.6) is 0 Å². The van der Waals surface area contributed by atoms with E-state index in [4.69, 9.17) is 0 Å². The molecule has 1 aromatic rings. The first-order chi connectivity index (χ1) is 9.26. The van der Waals surface area contributed by atoms with Crippen LogP contribution in [0.4, 0.5) is 0 Å². The maximum absolute atomic E-state index is 12.3. The molecular formula is C16H21NO2. The van der Waals surface area contributed by atoms with Gasteiger partial charge in [0.1, 0.15) is 0 Å². The Bertz CT molecular complexity index is 430. The number of carbonyl (C=O) groups is 1. The second-order valence-corrected chi connectivity index (χ2v) is 5.02. The molecule has 1 heterocycles. The lowest BCUT2D eigenvalue weighted by atomic mass is 9.95. The van der Waals surface area contributed by atoms with Crippen LogP contribution in [0.15, 0.2) is 43.0 Å². The van der Waals surface area contributed by atoms with Gasteiger partial charge in [0.25, 0.3) is 0 Å². The molecule has 1 unspecified atom stereocenters. The molecule has 0 aliphatic carbocycles. The van der Waals surface area contributed by atoms with Gasteiger partial charge < -0.3 is 10.0 Å². The lowest BCUT2D eigenvalue weighted by molar-refractivity contribution is -0.132. The van der Waals surface area contributed by atoms with Crippen molar-refractivity contribution in [2.45, 2.75) is 31.2 Å². The molecule has 1 fully saturated rings. The smallest absolute Gasteiger partial charge is 0.223 e. The maximum atomic E-state index is 12.3. The van der Waals surface area contributed by atoms with Crippen molar-refractivity contribution in [3.63, 3.8) is 0 Å². The fraction of sp³-hybridized carbons (Fsp3) is 0.438. The Kier molecular flexibility index (Phi) is 4.74. The fourth-order valence-electron chi connectivity index (χ4n) is 2.70. The highest BCUT2D eigenvalue weighted by Gasteiger charge is 2.29. The molecule has 2 atom stereocenters. The number of rotatable bonds is 5. The number of allylic oxidation sites excluding steroid dienone is 1. The molecule has 0 spiro atoms. The first kappa shape index (κ1) is 13.8. The number of nitrogens with zero attached hydrogens (tertiary/aromatic N) is 1. The molecule has 3 heteroatoms. The summed E-state index contributed by atoms with van der Waals surface area (Å²) in [7, 11) is 0. The van der Waals surface area contributed by atoms with Crippen LogP contribution in [-0.4, -0.2) is 35.1 Å². The van der Waals surface area contributed by atoms with E-state index in [9.17, 15) is 9.90 Å². The van der Waals surface area contributed by atoms with Crippen LogP contribution < -0.4 is 0 Å². The monoisotopic (exact) mass is 259 g/mol. The minimum atomic E-state index is 0.00809. The predicted octanol–water partition coefficient (Wildman–Crippen LogP) is 2.33. The van der Waals surface area contributed by atoms with Gasteiger partial charge in [-0.1, -0.05) is 36.4 Å². The number of hydrogen-bond donors (Lipinski definition) is 1. The van der Waals surface area contributed by atoms with Gasteiger partial charge in [0.2, 0.25) is 5.91 Å². The molecule has 1 N–H and O–H groups in total. The highest BCUT2D eigenvalue weighted by Crippen LogP contribution is 2.24. The van der Waals surface area contributed by atoms with Crippen LogP contribution >= 0.6 is 0 Å². The summed E-state index contributed by atoms with van der Waals surface area (Å²) in [5.41, 5.74) is 1.12. The molecule has 1 amide bonds. The number of benzene rings is 1. The van der Waals surface area contributed by atoms with Crippen molar-refractivity contribution in [3.05, 3.63) is 48.6 Å². The van der Waals surface area contributed by atoms with Crippen LogP contribution in [0.2, 0.25) is 0 Å². The SMILES string of the molecule is C=CC(CC(=O)N1CCC[C@H]1CO)c1ccccc1. The number of hydrogen-bond acceptors (Lipinski definition) is 2. The van der Waals surface area contributed by atoms with Gasteiger partial charge in [-0.15, -0.1) is 6.58 Å². The van der Waals surface area contributed by atoms with Crippen molar-refractivity contribution >= 4 is 5.91 Å². The van der Waals surface area contributed by atoms with E-state index in [2.05, 4.69) is 6.58 Å². The Morgan fingerprint density at radius 1 is 1.47 bits per heavy atom. The highest BCUT2D eigenvalue weighted by molar-refractivity contribution is 5.78. The number of likely N-dealkylation sites (tertiary alicyclic amines) is 1. The summed E-state index contributed by atoms with van der Waals surface area (Å²) in [5.74, 6) is 0.166. The third kappa shape index (κ3) is 3.24. The highest BCUT2D eigenvalue weighted by atomic mass is 16.3. The lowest BCUT2D eigenvalue weighted by Gasteiger charge is -2.25. The van der Waals surface area contributed by atoms with Crippen LogP contribution in [0.1, 0.15) is 30.7 Å². The van der Waals surface area contributed by atoms with E-state index < -0.39 is 0 Å². The van der Waals surface area contributed by atoms with Crippen molar-refractivity contribution < 1.29 is 9.90 Å². The number of aliphatic hydroxyl groups excluding tert-OH is 1. The summed E-state index contributed by atoms with van der Waals surface area (Å²) in [4.78, 5) is 14.1. The predicted molar refractivity (Wildman–Crippen MR) is 75.8 cm³/mol. The number of aliphatic hydroxyl groups is 1. The maximum Gasteiger partial charge on any atom is 0.223 e. The molecule has 0 saturated carbocycles. The summed E-state index contributed by atoms with van der Waals surface area (Å²) in [6.07, 6.45) is 4.16. The minimum Gasteiger partial charge on any atom is -0.394 e. The Balaban J connectivity index is 2.02. The summed E-state index contributed by atoms with van der Waals surface area (Å²) >= 11 is 0. The van der Waals surface area contributed by atoms with E-state index in [0.29, 0.717) is 6.42 Å². The van der Waals surface area contributed by atoms with E-state index in [0.717, 1.165) is 24.9 Å². The second kappa shape index (κ2) is 6.53. The van der Waals surface area contributed by atoms with Crippen LogP contribution in [-0.2, 0) is 4.79 Å². The molecule has 0 bridgehead atoms. The Morgan fingerprint density at radius 2 is 2.21 bits per heavy atom. The van der Waals surface area contributed by atoms with Crippen molar-refractivity contribution in [3.8, 4) is 0 Å². The second-order valence-electron chi connectivity index (χ2n) is 5.02. The number of carbonyl (C=O) groups excluding carboxylic acids is 1. The van der Waals surface area contributed by atoms with Gasteiger partial charge >= 0.3 is 0 Å². The summed E-state index contributed by atoms with van der Waals surface area (Å²) in [6.45, 7) is 4.67. The third-order valence-corrected chi connectivity index (χ3v) is 3.82. The minimum absolute atomic E-state index is 0.00809. The summed E-state index contributed by atoms with van der Waals surface area (Å²) in [5, 5.41) is 9.28. The molecule has 2 rings (SSSR count). The van der Waals surface area contributed by atoms with Crippen molar-refractivity contribution in [2.24, 2.45) is 0 Å². The Hall–Kier alpha value is -1.61. The first-order valence-electron chi connectivity index (χ1n) is 6.84. The van der Waals surface area contributed by atoms with Crippen LogP contribution in [0, 0.1) is 0 Å². The molecule has 1 aliphatic heterocycles. The van der Waals surface area contributed by atoms with Gasteiger partial charge in [0.05, 0.1) is 12.6 Å². The van der Waals surface area contributed by atoms with Gasteiger partial charge in [0.15, 0.2) is 0 Å². The van der Waals surface area contributed by atoms with E-state index in [1.807, 2.05) is 41.3 Å². The van der Waals surface area contributed by atoms with Crippen molar-refractivity contribution in [1.82, 2.24) is 4.90 Å². The molecule has 0 radical (unpaired) electrons. The lowest BCUT2D eigenvalue weighted by Crippen LogP contribution is -2.38. The standard InChI is InChI=1S/C16H21NO2/c1-2-13(14-7-4-3-5-8-14)11-16(19)17-10-6-9-15(17)12-18/h2-5,7-8,13,15,18H,1,6,9-12H2/t13?,15-/m0/s1. The van der Waals surface area contributed by atoms with E-state index in [-0.39, 0.29) is 24.5 Å². The first-order valence-corrected chi connectivity index (χ1v) is 6.84. The molecule has 19 heavy (non-hydrogen) atoms. The largest absolute Gasteiger partial charge is 0.394 e. The molecule has 102 valence electrons. The van der Waals surface area contributed by atoms with Crippen molar-refractivity contribution in [1.29, 1.82) is 0 Å². The average molecular weight is 259 g/mol. The zero-order valence-electron chi connectivity index (χ0n) is 11.2. The topological polar surface area (TPSA) is 40.5 Å². The molecule has 3 nitrogen and oxygen atoms in total. The van der Waals surface area contributed by atoms with Gasteiger partial charge in [-0.25, -0.2) is 0 Å². The van der Waals surface area contributed by atoms with E-state index >= 15 is 0 Å². The van der Waals surface area contributed by atoms with Gasteiger partial charge in [-0.2, -0.15) is 0 Å². The van der Waals surface area contributed by atoms with Crippen LogP contribution in [0.3, 0.4) is 0 Å². The van der Waals surface area contributed by atoms with Crippen LogP contribution in [0.25, 0.3) is 0 Å². The molecule has 1 saturated heterocycles. The fourth-order valence-corrected chi connectivity index (χ4v) is 2.70. The Morgan fingerprint density at radius 3 is 2.84 bits per heavy atom. The third-order valence-electron chi connectivity index (χ3n) is 3.82. The van der Waals surface area contributed by atoms with Gasteiger partial charge in [-0.05, 0) is 18.4 Å².